The highest BCUT2D eigenvalue weighted by Crippen LogP contribution is 2.53. The van der Waals surface area contributed by atoms with Gasteiger partial charge in [0, 0.05) is 16.9 Å². The molecule has 0 aliphatic heterocycles. The lowest BCUT2D eigenvalue weighted by molar-refractivity contribution is -0.122. The Hall–Kier alpha value is -1.32. The second kappa shape index (κ2) is 18.1. The quantitative estimate of drug-likeness (QED) is 0.346. The molecular weight excluding hydrogens is 398 g/mol. The third-order valence-corrected chi connectivity index (χ3v) is 6.71. The molecule has 188 valence electrons. The Morgan fingerprint density at radius 2 is 1.38 bits per heavy atom. The van der Waals surface area contributed by atoms with E-state index >= 15 is 0 Å². The van der Waals surface area contributed by atoms with Gasteiger partial charge >= 0.3 is 0 Å². The molecule has 0 amide bonds. The number of unbranched alkanes of at least 4 members (excludes halogenated alkanes) is 4. The zero-order chi connectivity index (χ0) is 24.4. The van der Waals surface area contributed by atoms with Gasteiger partial charge in [-0.1, -0.05) is 85.2 Å². The number of aromatic nitrogens is 1. The Balaban J connectivity index is 0.000000541. The Kier molecular flexibility index (Phi) is 17.4. The number of carbonyl (C=O) groups is 1. The molecule has 4 saturated carbocycles. The number of carboxylic acid groups (broad SMARTS) is 1. The molecule has 4 heteroatoms. The van der Waals surface area contributed by atoms with Gasteiger partial charge in [-0.3, -0.25) is 4.79 Å². The van der Waals surface area contributed by atoms with Crippen molar-refractivity contribution in [3.8, 4) is 0 Å². The average molecular weight is 452 g/mol. The summed E-state index contributed by atoms with van der Waals surface area (Å²) in [5.41, 5.74) is 3.13. The van der Waals surface area contributed by atoms with Crippen LogP contribution in [-0.2, 0) is 10.2 Å². The minimum absolute atomic E-state index is 0.250. The molecule has 0 atom stereocenters. The van der Waals surface area contributed by atoms with Crippen LogP contribution in [0, 0.1) is 12.8 Å². The van der Waals surface area contributed by atoms with E-state index in [1.165, 1.54) is 107 Å². The van der Waals surface area contributed by atoms with Crippen molar-refractivity contribution < 1.29 is 14.4 Å². The van der Waals surface area contributed by atoms with E-state index in [-0.39, 0.29) is 6.47 Å². The summed E-state index contributed by atoms with van der Waals surface area (Å²) in [5, 5.41) is 11.4. The first-order valence-corrected chi connectivity index (χ1v) is 13.6. The van der Waals surface area contributed by atoms with Crippen molar-refractivity contribution in [2.75, 3.05) is 0 Å². The molecule has 4 fully saturated rings. The van der Waals surface area contributed by atoms with Crippen LogP contribution in [0.1, 0.15) is 154 Å². The molecular formula is C28H53NO3. The van der Waals surface area contributed by atoms with Gasteiger partial charge in [-0.2, -0.15) is 0 Å². The molecule has 1 aromatic rings. The first kappa shape index (κ1) is 30.7. The Labute approximate surface area is 198 Å². The van der Waals surface area contributed by atoms with Gasteiger partial charge in [-0.05, 0) is 64.2 Å². The fraction of sp³-hybridized carbons (Fsp3) is 0.857. The van der Waals surface area contributed by atoms with Crippen LogP contribution in [-0.4, -0.2) is 16.7 Å². The van der Waals surface area contributed by atoms with Crippen molar-refractivity contribution in [3.63, 3.8) is 0 Å². The van der Waals surface area contributed by atoms with Crippen molar-refractivity contribution in [2.24, 2.45) is 5.92 Å². The summed E-state index contributed by atoms with van der Waals surface area (Å²) in [6, 6.07) is 0. The molecule has 4 aliphatic rings. The van der Waals surface area contributed by atoms with E-state index < -0.39 is 0 Å². The van der Waals surface area contributed by atoms with Crippen LogP contribution >= 0.6 is 0 Å². The molecule has 5 rings (SSSR count). The third kappa shape index (κ3) is 10.1. The van der Waals surface area contributed by atoms with Gasteiger partial charge in [-0.15, -0.1) is 0 Å². The van der Waals surface area contributed by atoms with E-state index in [9.17, 15) is 0 Å². The van der Waals surface area contributed by atoms with Gasteiger partial charge in [0.15, 0.2) is 0 Å². The molecule has 0 spiro atoms. The molecule has 1 N–H and O–H groups in total. The summed E-state index contributed by atoms with van der Waals surface area (Å²) < 4.78 is 5.67. The summed E-state index contributed by atoms with van der Waals surface area (Å²) in [6.45, 7) is 14.7. The van der Waals surface area contributed by atoms with Crippen LogP contribution in [0.2, 0.25) is 0 Å². The van der Waals surface area contributed by atoms with Crippen molar-refractivity contribution >= 4 is 6.47 Å². The van der Waals surface area contributed by atoms with Crippen molar-refractivity contribution in [1.82, 2.24) is 5.16 Å². The minimum atomic E-state index is -0.250. The summed E-state index contributed by atoms with van der Waals surface area (Å²) in [4.78, 5) is 8.36. The molecule has 0 saturated heterocycles. The molecule has 4 nitrogen and oxygen atoms in total. The summed E-state index contributed by atoms with van der Waals surface area (Å²) in [5.74, 6) is 2.93. The fourth-order valence-corrected chi connectivity index (χ4v) is 4.85. The molecule has 4 aliphatic carbocycles. The van der Waals surface area contributed by atoms with Crippen molar-refractivity contribution in [1.29, 1.82) is 0 Å². The Morgan fingerprint density at radius 1 is 0.938 bits per heavy atom. The maximum atomic E-state index is 8.36. The van der Waals surface area contributed by atoms with E-state index in [0.717, 1.165) is 5.92 Å². The highest BCUT2D eigenvalue weighted by Gasteiger charge is 2.45. The Morgan fingerprint density at radius 3 is 1.75 bits per heavy atom. The molecule has 0 aromatic carbocycles. The van der Waals surface area contributed by atoms with Crippen LogP contribution < -0.4 is 0 Å². The van der Waals surface area contributed by atoms with Crippen molar-refractivity contribution in [2.45, 2.75) is 150 Å². The van der Waals surface area contributed by atoms with Crippen LogP contribution in [0.3, 0.4) is 0 Å². The zero-order valence-corrected chi connectivity index (χ0v) is 22.3. The number of hydrogen-bond donors (Lipinski definition) is 1. The Bertz CT molecular complexity index is 551. The molecule has 2 bridgehead atoms. The van der Waals surface area contributed by atoms with E-state index in [0.29, 0.717) is 11.3 Å². The van der Waals surface area contributed by atoms with Crippen LogP contribution in [0.4, 0.5) is 0 Å². The number of fused-ring (bicyclic) bond motifs is 3. The summed E-state index contributed by atoms with van der Waals surface area (Å²) in [7, 11) is 0. The van der Waals surface area contributed by atoms with Gasteiger partial charge in [0.05, 0.1) is 5.69 Å². The van der Waals surface area contributed by atoms with Crippen LogP contribution in [0.5, 0.6) is 0 Å². The first-order valence-electron chi connectivity index (χ1n) is 13.6. The van der Waals surface area contributed by atoms with Crippen LogP contribution in [0.15, 0.2) is 4.52 Å². The predicted molar refractivity (Wildman–Crippen MR) is 137 cm³/mol. The standard InChI is InChI=1S/C15H21NO.C7H16.C3H8.C2H6.CH2O2/c1-10-13(12-2-3-12)17-16-14(10)15-7-4-11(5-8-15)6-9-15;1-3-5-7-6-4-2;1-3-2;1-2;2-1-3/h11-12H,2-9H2,1H3;3-7H2,1-2H3;3H2,1-2H3;1-2H3;1H,(H,2,3). The monoisotopic (exact) mass is 451 g/mol. The lowest BCUT2D eigenvalue weighted by Gasteiger charge is -2.45. The smallest absolute Gasteiger partial charge is 0.290 e. The van der Waals surface area contributed by atoms with Crippen molar-refractivity contribution in [3.05, 3.63) is 17.0 Å². The highest BCUT2D eigenvalue weighted by molar-refractivity contribution is 5.33. The normalized spacial score (nSPS) is 22.5. The topological polar surface area (TPSA) is 63.3 Å². The lowest BCUT2D eigenvalue weighted by Crippen LogP contribution is -2.38. The minimum Gasteiger partial charge on any atom is -0.483 e. The van der Waals surface area contributed by atoms with Gasteiger partial charge < -0.3 is 9.63 Å². The molecule has 1 aromatic heterocycles. The van der Waals surface area contributed by atoms with Gasteiger partial charge in [0.1, 0.15) is 5.76 Å². The second-order valence-corrected chi connectivity index (χ2v) is 9.43. The maximum Gasteiger partial charge on any atom is 0.290 e. The van der Waals surface area contributed by atoms with Gasteiger partial charge in [0.25, 0.3) is 6.47 Å². The van der Waals surface area contributed by atoms with E-state index in [2.05, 4.69) is 39.8 Å². The first-order chi connectivity index (χ1) is 15.5. The zero-order valence-electron chi connectivity index (χ0n) is 22.3. The van der Waals surface area contributed by atoms with Gasteiger partial charge in [0.2, 0.25) is 0 Å². The summed E-state index contributed by atoms with van der Waals surface area (Å²) in [6.07, 6.45) is 19.2. The lowest BCUT2D eigenvalue weighted by atomic mass is 9.59. The van der Waals surface area contributed by atoms with E-state index in [4.69, 9.17) is 14.4 Å². The predicted octanol–water partition coefficient (Wildman–Crippen LogP) is 9.20. The maximum absolute atomic E-state index is 8.36. The fourth-order valence-electron chi connectivity index (χ4n) is 4.85. The van der Waals surface area contributed by atoms with E-state index in [1.807, 2.05) is 13.8 Å². The van der Waals surface area contributed by atoms with Crippen LogP contribution in [0.25, 0.3) is 0 Å². The average Bonchev–Trinajstić information content (AvgIpc) is 3.59. The number of hydrogen-bond acceptors (Lipinski definition) is 3. The molecule has 32 heavy (non-hydrogen) atoms. The molecule has 0 unspecified atom stereocenters. The number of rotatable bonds is 6. The summed E-state index contributed by atoms with van der Waals surface area (Å²) >= 11 is 0. The second-order valence-electron chi connectivity index (χ2n) is 9.43. The third-order valence-electron chi connectivity index (χ3n) is 6.71. The highest BCUT2D eigenvalue weighted by atomic mass is 16.5. The van der Waals surface area contributed by atoms with E-state index in [1.54, 1.807) is 0 Å². The molecule has 1 heterocycles. The molecule has 0 radical (unpaired) electrons. The van der Waals surface area contributed by atoms with Gasteiger partial charge in [-0.25, -0.2) is 0 Å². The number of nitrogens with zero attached hydrogens (tertiary/aromatic N) is 1. The SMILES string of the molecule is CC.CCC.CCCCCCC.Cc1c(C23CCC(CC2)CC3)noc1C1CC1.O=CO. The largest absolute Gasteiger partial charge is 0.483 e.